The first kappa shape index (κ1) is 11.4. The topological polar surface area (TPSA) is 77.5 Å². The van der Waals surface area contributed by atoms with Gasteiger partial charge in [0, 0.05) is 12.4 Å². The van der Waals surface area contributed by atoms with Gasteiger partial charge in [-0.1, -0.05) is 0 Å². The molecule has 2 aromatic heterocycles. The van der Waals surface area contributed by atoms with Crippen molar-refractivity contribution in [1.29, 1.82) is 0 Å². The highest BCUT2D eigenvalue weighted by atomic mass is 19.1. The van der Waals surface area contributed by atoms with Crippen LogP contribution in [0.4, 0.5) is 10.2 Å². The Morgan fingerprint density at radius 3 is 2.79 bits per heavy atom. The number of halogens is 1. The molecule has 0 saturated heterocycles. The van der Waals surface area contributed by atoms with Gasteiger partial charge in [0.2, 0.25) is 5.65 Å². The summed E-state index contributed by atoms with van der Waals surface area (Å²) in [6, 6.07) is 5.64. The van der Waals surface area contributed by atoms with Gasteiger partial charge >= 0.3 is 0 Å². The lowest BCUT2D eigenvalue weighted by Gasteiger charge is -2.08. The lowest BCUT2D eigenvalue weighted by Crippen LogP contribution is -2.10. The van der Waals surface area contributed by atoms with Crippen molar-refractivity contribution in [3.63, 3.8) is 0 Å². The van der Waals surface area contributed by atoms with E-state index in [1.807, 2.05) is 0 Å². The molecule has 96 valence electrons. The number of nitrogens with two attached hydrogens (primary N) is 1. The Morgan fingerprint density at radius 1 is 1.26 bits per heavy atom. The van der Waals surface area contributed by atoms with E-state index in [1.54, 1.807) is 23.0 Å². The molecule has 1 aromatic carbocycles. The molecule has 6 nitrogen and oxygen atoms in total. The number of imidazole rings is 1. The van der Waals surface area contributed by atoms with Crippen molar-refractivity contribution in [2.24, 2.45) is 5.84 Å². The third kappa shape index (κ3) is 2.18. The molecule has 0 fully saturated rings. The van der Waals surface area contributed by atoms with Gasteiger partial charge in [0.1, 0.15) is 11.6 Å². The lowest BCUT2D eigenvalue weighted by atomic mass is 10.3. The Labute approximate surface area is 107 Å². The van der Waals surface area contributed by atoms with Gasteiger partial charge in [-0.05, 0) is 24.3 Å². The highest BCUT2D eigenvalue weighted by Crippen LogP contribution is 2.24. The van der Waals surface area contributed by atoms with E-state index in [0.29, 0.717) is 17.2 Å². The Morgan fingerprint density at radius 2 is 2.05 bits per heavy atom. The van der Waals surface area contributed by atoms with Crippen LogP contribution in [-0.4, -0.2) is 14.4 Å². The second-order valence-electron chi connectivity index (χ2n) is 3.79. The second kappa shape index (κ2) is 4.54. The zero-order valence-electron chi connectivity index (χ0n) is 9.75. The SMILES string of the molecule is NNc1cn2ccnc2c(Oc2ccc(F)cc2)n1. The molecule has 3 aromatic rings. The van der Waals surface area contributed by atoms with Crippen LogP contribution >= 0.6 is 0 Å². The van der Waals surface area contributed by atoms with Crippen LogP contribution < -0.4 is 16.0 Å². The predicted octanol–water partition coefficient (Wildman–Crippen LogP) is 1.95. The maximum absolute atomic E-state index is 12.8. The lowest BCUT2D eigenvalue weighted by molar-refractivity contribution is 0.464. The van der Waals surface area contributed by atoms with Crippen molar-refractivity contribution < 1.29 is 9.13 Å². The van der Waals surface area contributed by atoms with Crippen LogP contribution in [0.5, 0.6) is 11.6 Å². The summed E-state index contributed by atoms with van der Waals surface area (Å²) >= 11 is 0. The number of rotatable bonds is 3. The standard InChI is InChI=1S/C12H10FN5O/c13-8-1-3-9(4-2-8)19-12-11-15-5-6-18(11)7-10(16-12)17-14/h1-7,17H,14H2. The van der Waals surface area contributed by atoms with E-state index in [1.165, 1.54) is 24.3 Å². The number of hydrazine groups is 1. The number of fused-ring (bicyclic) bond motifs is 1. The molecule has 0 radical (unpaired) electrons. The number of nitrogens with zero attached hydrogens (tertiary/aromatic N) is 3. The summed E-state index contributed by atoms with van der Waals surface area (Å²) in [6.07, 6.45) is 5.05. The van der Waals surface area contributed by atoms with Gasteiger partial charge in [-0.25, -0.2) is 15.2 Å². The van der Waals surface area contributed by atoms with Gasteiger partial charge in [-0.3, -0.25) is 4.40 Å². The number of benzene rings is 1. The quantitative estimate of drug-likeness (QED) is 0.555. The van der Waals surface area contributed by atoms with Crippen molar-refractivity contribution in [2.75, 3.05) is 5.43 Å². The minimum absolute atomic E-state index is 0.284. The first-order valence-electron chi connectivity index (χ1n) is 5.50. The van der Waals surface area contributed by atoms with Gasteiger partial charge < -0.3 is 10.2 Å². The van der Waals surface area contributed by atoms with Crippen molar-refractivity contribution >= 4 is 11.5 Å². The third-order valence-electron chi connectivity index (χ3n) is 2.52. The molecular formula is C12H10FN5O. The molecule has 0 spiro atoms. The summed E-state index contributed by atoms with van der Waals surface area (Å²) in [5.41, 5.74) is 2.99. The second-order valence-corrected chi connectivity index (χ2v) is 3.79. The first-order valence-corrected chi connectivity index (χ1v) is 5.50. The minimum atomic E-state index is -0.330. The summed E-state index contributed by atoms with van der Waals surface area (Å²) in [6.45, 7) is 0. The van der Waals surface area contributed by atoms with E-state index in [9.17, 15) is 4.39 Å². The zero-order chi connectivity index (χ0) is 13.2. The monoisotopic (exact) mass is 259 g/mol. The van der Waals surface area contributed by atoms with E-state index >= 15 is 0 Å². The van der Waals surface area contributed by atoms with Crippen molar-refractivity contribution in [3.05, 3.63) is 48.7 Å². The van der Waals surface area contributed by atoms with Crippen LogP contribution in [0.3, 0.4) is 0 Å². The van der Waals surface area contributed by atoms with E-state index in [-0.39, 0.29) is 11.7 Å². The maximum Gasteiger partial charge on any atom is 0.265 e. The highest BCUT2D eigenvalue weighted by Gasteiger charge is 2.09. The molecule has 3 rings (SSSR count). The molecule has 2 heterocycles. The fourth-order valence-electron chi connectivity index (χ4n) is 1.66. The molecule has 0 amide bonds. The number of hydrogen-bond donors (Lipinski definition) is 2. The Balaban J connectivity index is 2.03. The average Bonchev–Trinajstić information content (AvgIpc) is 2.89. The summed E-state index contributed by atoms with van der Waals surface area (Å²) < 4.78 is 20.1. The summed E-state index contributed by atoms with van der Waals surface area (Å²) in [7, 11) is 0. The van der Waals surface area contributed by atoms with Crippen LogP contribution in [0.15, 0.2) is 42.9 Å². The average molecular weight is 259 g/mol. The predicted molar refractivity (Wildman–Crippen MR) is 67.3 cm³/mol. The largest absolute Gasteiger partial charge is 0.436 e. The zero-order valence-corrected chi connectivity index (χ0v) is 9.75. The van der Waals surface area contributed by atoms with Gasteiger partial charge in [-0.15, -0.1) is 0 Å². The fourth-order valence-corrected chi connectivity index (χ4v) is 1.66. The summed E-state index contributed by atoms with van der Waals surface area (Å²) in [5, 5.41) is 0. The maximum atomic E-state index is 12.8. The highest BCUT2D eigenvalue weighted by molar-refractivity contribution is 5.54. The Kier molecular flexibility index (Phi) is 2.73. The number of nitrogen functional groups attached to an aromatic ring is 1. The molecule has 0 aliphatic heterocycles. The molecule has 0 aliphatic rings. The molecule has 0 aliphatic carbocycles. The van der Waals surface area contributed by atoms with Crippen LogP contribution in [0.25, 0.3) is 5.65 Å². The van der Waals surface area contributed by atoms with E-state index in [4.69, 9.17) is 10.6 Å². The van der Waals surface area contributed by atoms with Crippen LogP contribution in [0.2, 0.25) is 0 Å². The number of nitrogens with one attached hydrogen (secondary N) is 1. The van der Waals surface area contributed by atoms with Crippen molar-refractivity contribution in [1.82, 2.24) is 14.4 Å². The van der Waals surface area contributed by atoms with E-state index in [2.05, 4.69) is 15.4 Å². The first-order chi connectivity index (χ1) is 9.26. The molecule has 0 atom stereocenters. The molecule has 3 N–H and O–H groups in total. The van der Waals surface area contributed by atoms with Crippen LogP contribution in [-0.2, 0) is 0 Å². The van der Waals surface area contributed by atoms with Crippen molar-refractivity contribution in [3.8, 4) is 11.6 Å². The molecule has 0 bridgehead atoms. The Bertz CT molecular complexity index is 710. The molecular weight excluding hydrogens is 249 g/mol. The van der Waals surface area contributed by atoms with E-state index in [0.717, 1.165) is 0 Å². The third-order valence-corrected chi connectivity index (χ3v) is 2.52. The van der Waals surface area contributed by atoms with Crippen molar-refractivity contribution in [2.45, 2.75) is 0 Å². The van der Waals surface area contributed by atoms with Gasteiger partial charge in [0.15, 0.2) is 5.82 Å². The summed E-state index contributed by atoms with van der Waals surface area (Å²) in [4.78, 5) is 8.31. The van der Waals surface area contributed by atoms with Gasteiger partial charge in [-0.2, -0.15) is 4.98 Å². The number of aromatic nitrogens is 3. The number of anilines is 1. The summed E-state index contributed by atoms with van der Waals surface area (Å²) in [5.74, 6) is 6.19. The molecule has 19 heavy (non-hydrogen) atoms. The number of hydrogen-bond acceptors (Lipinski definition) is 5. The Hall–Kier alpha value is -2.67. The molecule has 0 unspecified atom stereocenters. The smallest absolute Gasteiger partial charge is 0.265 e. The molecule has 0 saturated carbocycles. The minimum Gasteiger partial charge on any atom is -0.436 e. The van der Waals surface area contributed by atoms with Crippen LogP contribution in [0.1, 0.15) is 0 Å². The fraction of sp³-hybridized carbons (Fsp3) is 0. The van der Waals surface area contributed by atoms with Gasteiger partial charge in [0.25, 0.3) is 5.88 Å². The molecule has 7 heteroatoms. The van der Waals surface area contributed by atoms with E-state index < -0.39 is 0 Å². The number of ether oxygens (including phenoxy) is 1. The van der Waals surface area contributed by atoms with Gasteiger partial charge in [0.05, 0.1) is 6.20 Å². The normalized spacial score (nSPS) is 10.6. The van der Waals surface area contributed by atoms with Crippen LogP contribution in [0, 0.1) is 5.82 Å².